The number of halogens is 1. The zero-order chi connectivity index (χ0) is 12.1. The molecule has 16 heavy (non-hydrogen) atoms. The molecule has 3 N–H and O–H groups in total. The average Bonchev–Trinajstić information content (AvgIpc) is 2.62. The van der Waals surface area contributed by atoms with Crippen LogP contribution in [0.3, 0.4) is 0 Å². The van der Waals surface area contributed by atoms with Crippen LogP contribution >= 0.6 is 15.9 Å². The zero-order valence-corrected chi connectivity index (χ0v) is 11.8. The summed E-state index contributed by atoms with van der Waals surface area (Å²) < 4.78 is 3.05. The number of aromatic nitrogens is 2. The lowest BCUT2D eigenvalue weighted by Crippen LogP contribution is -2.30. The average molecular weight is 289 g/mol. The molecule has 1 heterocycles. The van der Waals surface area contributed by atoms with Crippen molar-refractivity contribution in [3.63, 3.8) is 0 Å². The van der Waals surface area contributed by atoms with Gasteiger partial charge in [0.1, 0.15) is 0 Å². The molecule has 0 radical (unpaired) electrons. The molecule has 0 aliphatic carbocycles. The third-order valence-corrected chi connectivity index (χ3v) is 3.26. The highest BCUT2D eigenvalue weighted by atomic mass is 79.9. The topological polar surface area (TPSA) is 55.9 Å². The van der Waals surface area contributed by atoms with Gasteiger partial charge < -0.3 is 0 Å². The summed E-state index contributed by atoms with van der Waals surface area (Å²) in [6.45, 7) is 6.43. The van der Waals surface area contributed by atoms with Gasteiger partial charge in [-0.25, -0.2) is 0 Å². The third kappa shape index (κ3) is 3.06. The van der Waals surface area contributed by atoms with E-state index in [0.717, 1.165) is 23.0 Å². The van der Waals surface area contributed by atoms with Gasteiger partial charge in [-0.3, -0.25) is 16.0 Å². The molecular weight excluding hydrogens is 268 g/mol. The highest BCUT2D eigenvalue weighted by molar-refractivity contribution is 9.10. The summed E-state index contributed by atoms with van der Waals surface area (Å²) >= 11 is 3.54. The molecule has 1 aromatic heterocycles. The Morgan fingerprint density at radius 3 is 2.75 bits per heavy atom. The standard InChI is InChI=1S/C11H21BrN4/c1-4-5-6-10(15-13)11-9(12)7-14-16(11)8(2)3/h7-8,10,15H,4-6,13H2,1-3H3. The fourth-order valence-corrected chi connectivity index (χ4v) is 2.35. The summed E-state index contributed by atoms with van der Waals surface area (Å²) in [4.78, 5) is 0. The Morgan fingerprint density at radius 1 is 1.56 bits per heavy atom. The lowest BCUT2D eigenvalue weighted by atomic mass is 10.1. The minimum Gasteiger partial charge on any atom is -0.271 e. The maximum Gasteiger partial charge on any atom is 0.0712 e. The monoisotopic (exact) mass is 288 g/mol. The smallest absolute Gasteiger partial charge is 0.0712 e. The Kier molecular flexibility index (Phi) is 5.44. The molecule has 0 spiro atoms. The maximum absolute atomic E-state index is 5.63. The van der Waals surface area contributed by atoms with Crippen molar-refractivity contribution in [3.8, 4) is 0 Å². The number of nitrogens with two attached hydrogens (primary N) is 1. The Morgan fingerprint density at radius 2 is 2.25 bits per heavy atom. The van der Waals surface area contributed by atoms with E-state index >= 15 is 0 Å². The highest BCUT2D eigenvalue weighted by Crippen LogP contribution is 2.28. The molecule has 92 valence electrons. The molecule has 4 nitrogen and oxygen atoms in total. The van der Waals surface area contributed by atoms with Crippen LogP contribution < -0.4 is 11.3 Å². The Balaban J connectivity index is 2.93. The van der Waals surface area contributed by atoms with Crippen molar-refractivity contribution in [2.24, 2.45) is 5.84 Å². The SMILES string of the molecule is CCCCC(NN)c1c(Br)cnn1C(C)C. The number of hydrogen-bond donors (Lipinski definition) is 2. The van der Waals surface area contributed by atoms with Gasteiger partial charge in [-0.15, -0.1) is 0 Å². The van der Waals surface area contributed by atoms with Crippen molar-refractivity contribution in [2.75, 3.05) is 0 Å². The minimum absolute atomic E-state index is 0.166. The second-order valence-electron chi connectivity index (χ2n) is 4.28. The van der Waals surface area contributed by atoms with Crippen LogP contribution in [-0.4, -0.2) is 9.78 Å². The number of nitrogens with zero attached hydrogens (tertiary/aromatic N) is 2. The first-order valence-corrected chi connectivity index (χ1v) is 6.60. The molecule has 0 amide bonds. The lowest BCUT2D eigenvalue weighted by Gasteiger charge is -2.20. The van der Waals surface area contributed by atoms with Crippen molar-refractivity contribution in [2.45, 2.75) is 52.1 Å². The van der Waals surface area contributed by atoms with E-state index in [0.29, 0.717) is 6.04 Å². The van der Waals surface area contributed by atoms with E-state index in [1.54, 1.807) is 0 Å². The van der Waals surface area contributed by atoms with Crippen LogP contribution in [0, 0.1) is 0 Å². The van der Waals surface area contributed by atoms with Gasteiger partial charge in [0, 0.05) is 6.04 Å². The van der Waals surface area contributed by atoms with Gasteiger partial charge in [0.05, 0.1) is 22.4 Å². The molecule has 0 bridgehead atoms. The van der Waals surface area contributed by atoms with E-state index in [4.69, 9.17) is 5.84 Å². The molecule has 0 aromatic carbocycles. The summed E-state index contributed by atoms with van der Waals surface area (Å²) in [6.07, 6.45) is 5.20. The molecule has 1 unspecified atom stereocenters. The number of hydrogen-bond acceptors (Lipinski definition) is 3. The first kappa shape index (κ1) is 13.7. The van der Waals surface area contributed by atoms with Gasteiger partial charge in [-0.1, -0.05) is 19.8 Å². The lowest BCUT2D eigenvalue weighted by molar-refractivity contribution is 0.423. The molecule has 0 aliphatic heterocycles. The Labute approximate surface area is 106 Å². The zero-order valence-electron chi connectivity index (χ0n) is 10.2. The summed E-state index contributed by atoms with van der Waals surface area (Å²) in [5, 5.41) is 4.37. The third-order valence-electron chi connectivity index (χ3n) is 2.65. The number of hydrazine groups is 1. The van der Waals surface area contributed by atoms with E-state index in [1.807, 2.05) is 10.9 Å². The summed E-state index contributed by atoms with van der Waals surface area (Å²) in [5.74, 6) is 5.63. The first-order valence-electron chi connectivity index (χ1n) is 5.80. The molecule has 0 fully saturated rings. The van der Waals surface area contributed by atoms with Gasteiger partial charge >= 0.3 is 0 Å². The van der Waals surface area contributed by atoms with Crippen LogP contribution in [0.5, 0.6) is 0 Å². The van der Waals surface area contributed by atoms with Gasteiger partial charge in [0.25, 0.3) is 0 Å². The van der Waals surface area contributed by atoms with Gasteiger partial charge in [-0.2, -0.15) is 5.10 Å². The normalized spacial score (nSPS) is 13.4. The van der Waals surface area contributed by atoms with Gasteiger partial charge in [0.2, 0.25) is 0 Å². The van der Waals surface area contributed by atoms with Crippen LogP contribution in [0.4, 0.5) is 0 Å². The molecule has 0 saturated carbocycles. The molecular formula is C11H21BrN4. The second-order valence-corrected chi connectivity index (χ2v) is 5.13. The summed E-state index contributed by atoms with van der Waals surface area (Å²) in [6, 6.07) is 0.512. The summed E-state index contributed by atoms with van der Waals surface area (Å²) in [5.41, 5.74) is 4.03. The van der Waals surface area contributed by atoms with Crippen LogP contribution in [-0.2, 0) is 0 Å². The van der Waals surface area contributed by atoms with Crippen molar-refractivity contribution in [1.82, 2.24) is 15.2 Å². The largest absolute Gasteiger partial charge is 0.271 e. The fourth-order valence-electron chi connectivity index (χ4n) is 1.80. The van der Waals surface area contributed by atoms with E-state index in [2.05, 4.69) is 47.2 Å². The summed E-state index contributed by atoms with van der Waals surface area (Å²) in [7, 11) is 0. The van der Waals surface area contributed by atoms with Crippen LogP contribution in [0.2, 0.25) is 0 Å². The van der Waals surface area contributed by atoms with Crippen molar-refractivity contribution < 1.29 is 0 Å². The fraction of sp³-hybridized carbons (Fsp3) is 0.727. The van der Waals surface area contributed by atoms with E-state index < -0.39 is 0 Å². The molecule has 1 aromatic rings. The number of unbranched alkanes of at least 4 members (excludes halogenated alkanes) is 1. The Hall–Kier alpha value is -0.390. The van der Waals surface area contributed by atoms with Crippen molar-refractivity contribution in [3.05, 3.63) is 16.4 Å². The van der Waals surface area contributed by atoms with Crippen molar-refractivity contribution in [1.29, 1.82) is 0 Å². The van der Waals surface area contributed by atoms with Gasteiger partial charge in [0.15, 0.2) is 0 Å². The number of rotatable bonds is 6. The second kappa shape index (κ2) is 6.37. The van der Waals surface area contributed by atoms with Crippen LogP contribution in [0.25, 0.3) is 0 Å². The first-order chi connectivity index (χ1) is 7.61. The van der Waals surface area contributed by atoms with Crippen LogP contribution in [0.1, 0.15) is 57.8 Å². The minimum atomic E-state index is 0.166. The maximum atomic E-state index is 5.63. The van der Waals surface area contributed by atoms with E-state index in [-0.39, 0.29) is 6.04 Å². The van der Waals surface area contributed by atoms with Crippen LogP contribution in [0.15, 0.2) is 10.7 Å². The quantitative estimate of drug-likeness (QED) is 0.625. The van der Waals surface area contributed by atoms with Crippen molar-refractivity contribution >= 4 is 15.9 Å². The molecule has 1 rings (SSSR count). The predicted molar refractivity (Wildman–Crippen MR) is 69.9 cm³/mol. The molecule has 0 saturated heterocycles. The number of nitrogens with one attached hydrogen (secondary N) is 1. The van der Waals surface area contributed by atoms with Gasteiger partial charge in [-0.05, 0) is 36.2 Å². The molecule has 5 heteroatoms. The highest BCUT2D eigenvalue weighted by Gasteiger charge is 2.19. The Bertz CT molecular complexity index is 322. The molecule has 0 aliphatic rings. The molecule has 1 atom stereocenters. The van der Waals surface area contributed by atoms with E-state index in [9.17, 15) is 0 Å². The van der Waals surface area contributed by atoms with E-state index in [1.165, 1.54) is 6.42 Å². The predicted octanol–water partition coefficient (Wildman–Crippen LogP) is 2.92.